The van der Waals surface area contributed by atoms with E-state index in [4.69, 9.17) is 23.1 Å². The molecule has 1 aliphatic carbocycles. The van der Waals surface area contributed by atoms with Crippen molar-refractivity contribution in [1.82, 2.24) is 0 Å². The van der Waals surface area contributed by atoms with E-state index in [0.29, 0.717) is 15.8 Å². The van der Waals surface area contributed by atoms with Gasteiger partial charge in [-0.1, -0.05) is 30.9 Å². The lowest BCUT2D eigenvalue weighted by Crippen LogP contribution is -2.09. The Morgan fingerprint density at radius 1 is 1.18 bits per heavy atom. The van der Waals surface area contributed by atoms with Crippen molar-refractivity contribution in [3.8, 4) is 0 Å². The number of hydrogen-bond acceptors (Lipinski definition) is 3. The first-order valence-electron chi connectivity index (χ1n) is 5.79. The topological polar surface area (TPSA) is 52.0 Å². The molecule has 0 spiro atoms. The number of halogens is 2. The van der Waals surface area contributed by atoms with Crippen LogP contribution in [0.3, 0.4) is 0 Å². The van der Waals surface area contributed by atoms with Crippen LogP contribution in [0.1, 0.15) is 32.1 Å². The van der Waals surface area contributed by atoms with Crippen LogP contribution in [0.4, 0.5) is 15.8 Å². The van der Waals surface area contributed by atoms with Gasteiger partial charge in [-0.2, -0.15) is 0 Å². The predicted molar refractivity (Wildman–Crippen MR) is 73.0 cm³/mol. The third-order valence-electron chi connectivity index (χ3n) is 3.06. The summed E-state index contributed by atoms with van der Waals surface area (Å²) in [4.78, 5) is 0.455. The Balaban J connectivity index is 2.22. The molecule has 0 aliphatic heterocycles. The second kappa shape index (κ2) is 5.36. The molecule has 4 N–H and O–H groups in total. The maximum Gasteiger partial charge on any atom is 0.159 e. The van der Waals surface area contributed by atoms with Crippen molar-refractivity contribution >= 4 is 34.7 Å². The van der Waals surface area contributed by atoms with E-state index in [9.17, 15) is 4.39 Å². The van der Waals surface area contributed by atoms with Gasteiger partial charge in [0.1, 0.15) is 5.02 Å². The van der Waals surface area contributed by atoms with Crippen LogP contribution in [-0.4, -0.2) is 5.25 Å². The molecule has 17 heavy (non-hydrogen) atoms. The van der Waals surface area contributed by atoms with Gasteiger partial charge in [-0.25, -0.2) is 4.39 Å². The number of rotatable bonds is 2. The Morgan fingerprint density at radius 3 is 2.47 bits per heavy atom. The Labute approximate surface area is 110 Å². The predicted octanol–water partition coefficient (Wildman–Crippen LogP) is 4.07. The Bertz CT molecular complexity index is 419. The largest absolute Gasteiger partial charge is 0.398 e. The van der Waals surface area contributed by atoms with Crippen molar-refractivity contribution < 1.29 is 4.39 Å². The van der Waals surface area contributed by atoms with Gasteiger partial charge >= 0.3 is 0 Å². The van der Waals surface area contributed by atoms with Gasteiger partial charge in [0.05, 0.1) is 16.3 Å². The molecule has 94 valence electrons. The van der Waals surface area contributed by atoms with Gasteiger partial charge in [-0.15, -0.1) is 11.8 Å². The summed E-state index contributed by atoms with van der Waals surface area (Å²) in [5.41, 5.74) is 12.0. The van der Waals surface area contributed by atoms with Crippen LogP contribution in [0.2, 0.25) is 5.02 Å². The van der Waals surface area contributed by atoms with Crippen LogP contribution in [0.25, 0.3) is 0 Å². The van der Waals surface area contributed by atoms with Crippen molar-refractivity contribution in [3.05, 3.63) is 16.9 Å². The molecule has 1 fully saturated rings. The number of hydrogen-bond donors (Lipinski definition) is 2. The zero-order valence-electron chi connectivity index (χ0n) is 9.51. The zero-order valence-corrected chi connectivity index (χ0v) is 11.1. The molecule has 1 saturated carbocycles. The van der Waals surface area contributed by atoms with Crippen LogP contribution in [0.15, 0.2) is 11.0 Å². The van der Waals surface area contributed by atoms with E-state index < -0.39 is 5.82 Å². The van der Waals surface area contributed by atoms with Crippen LogP contribution in [0.5, 0.6) is 0 Å². The van der Waals surface area contributed by atoms with Gasteiger partial charge in [0, 0.05) is 5.25 Å². The van der Waals surface area contributed by atoms with E-state index in [0.717, 1.165) is 12.8 Å². The summed E-state index contributed by atoms with van der Waals surface area (Å²) in [6.07, 6.45) is 5.93. The molecule has 0 heterocycles. The molecule has 1 aliphatic rings. The highest BCUT2D eigenvalue weighted by molar-refractivity contribution is 8.00. The summed E-state index contributed by atoms with van der Waals surface area (Å²) in [5.74, 6) is -0.472. The fourth-order valence-corrected chi connectivity index (χ4v) is 3.63. The highest BCUT2D eigenvalue weighted by Crippen LogP contribution is 2.41. The highest BCUT2D eigenvalue weighted by Gasteiger charge is 2.20. The quantitative estimate of drug-likeness (QED) is 0.800. The fourth-order valence-electron chi connectivity index (χ4n) is 2.12. The number of benzene rings is 1. The maximum absolute atomic E-state index is 14.0. The van der Waals surface area contributed by atoms with Gasteiger partial charge in [-0.3, -0.25) is 0 Å². The van der Waals surface area contributed by atoms with Crippen LogP contribution in [-0.2, 0) is 0 Å². The lowest BCUT2D eigenvalue weighted by atomic mass is 10.0. The van der Waals surface area contributed by atoms with Crippen LogP contribution < -0.4 is 11.5 Å². The summed E-state index contributed by atoms with van der Waals surface area (Å²) in [6.45, 7) is 0. The van der Waals surface area contributed by atoms with Crippen molar-refractivity contribution in [2.75, 3.05) is 11.5 Å². The van der Waals surface area contributed by atoms with Crippen molar-refractivity contribution in [3.63, 3.8) is 0 Å². The molecule has 0 bridgehead atoms. The Morgan fingerprint density at radius 2 is 1.82 bits per heavy atom. The van der Waals surface area contributed by atoms with Gasteiger partial charge < -0.3 is 11.5 Å². The van der Waals surface area contributed by atoms with Gasteiger partial charge in [0.15, 0.2) is 5.82 Å². The number of anilines is 2. The fraction of sp³-hybridized carbons (Fsp3) is 0.500. The number of nitrogen functional groups attached to an aromatic ring is 2. The zero-order chi connectivity index (χ0) is 12.4. The smallest absolute Gasteiger partial charge is 0.159 e. The average molecular weight is 275 g/mol. The van der Waals surface area contributed by atoms with Gasteiger partial charge in [0.25, 0.3) is 0 Å². The lowest BCUT2D eigenvalue weighted by Gasteiger charge is -2.22. The van der Waals surface area contributed by atoms with E-state index >= 15 is 0 Å². The molecule has 0 unspecified atom stereocenters. The molecule has 5 heteroatoms. The summed E-state index contributed by atoms with van der Waals surface area (Å²) in [7, 11) is 0. The molecule has 1 aromatic carbocycles. The number of thioether (sulfide) groups is 1. The standard InChI is InChI=1S/C12H16ClFN2S/c13-10-8(15)6-9(16)12(11(10)14)17-7-4-2-1-3-5-7/h6-7H,1-5,15-16H2. The minimum atomic E-state index is -0.472. The van der Waals surface area contributed by atoms with Gasteiger partial charge in [-0.05, 0) is 18.9 Å². The number of nitrogens with two attached hydrogens (primary N) is 2. The van der Waals surface area contributed by atoms with Crippen LogP contribution >= 0.6 is 23.4 Å². The first-order chi connectivity index (χ1) is 8.09. The van der Waals surface area contributed by atoms with Crippen molar-refractivity contribution in [1.29, 1.82) is 0 Å². The Kier molecular flexibility index (Phi) is 4.05. The first-order valence-corrected chi connectivity index (χ1v) is 7.05. The molecule has 0 amide bonds. The van der Waals surface area contributed by atoms with Gasteiger partial charge in [0.2, 0.25) is 0 Å². The summed E-state index contributed by atoms with van der Waals surface area (Å²) >= 11 is 7.30. The molecular formula is C12H16ClFN2S. The molecule has 0 atom stereocenters. The van der Waals surface area contributed by atoms with E-state index in [1.54, 1.807) is 0 Å². The van der Waals surface area contributed by atoms with Crippen molar-refractivity contribution in [2.24, 2.45) is 0 Å². The first kappa shape index (κ1) is 12.8. The highest BCUT2D eigenvalue weighted by atomic mass is 35.5. The molecule has 2 nitrogen and oxygen atoms in total. The molecular weight excluding hydrogens is 259 g/mol. The molecule has 0 saturated heterocycles. The SMILES string of the molecule is Nc1cc(N)c(SC2CCCCC2)c(F)c1Cl. The molecule has 0 aromatic heterocycles. The molecule has 2 rings (SSSR count). The third kappa shape index (κ3) is 2.80. The monoisotopic (exact) mass is 274 g/mol. The normalized spacial score (nSPS) is 17.3. The minimum absolute atomic E-state index is 0.0162. The Hall–Kier alpha value is -0.610. The summed E-state index contributed by atoms with van der Waals surface area (Å²) in [5, 5.41) is 0.428. The summed E-state index contributed by atoms with van der Waals surface area (Å²) in [6, 6.07) is 1.54. The lowest BCUT2D eigenvalue weighted by molar-refractivity contribution is 0.515. The van der Waals surface area contributed by atoms with E-state index in [-0.39, 0.29) is 10.7 Å². The van der Waals surface area contributed by atoms with E-state index in [1.807, 2.05) is 0 Å². The second-order valence-electron chi connectivity index (χ2n) is 4.39. The average Bonchev–Trinajstić information content (AvgIpc) is 2.33. The van der Waals surface area contributed by atoms with Crippen LogP contribution in [0, 0.1) is 5.82 Å². The molecule has 1 aromatic rings. The van der Waals surface area contributed by atoms with E-state index in [2.05, 4.69) is 0 Å². The van der Waals surface area contributed by atoms with Crippen molar-refractivity contribution in [2.45, 2.75) is 42.2 Å². The van der Waals surface area contributed by atoms with E-state index in [1.165, 1.54) is 37.1 Å². The molecule has 0 radical (unpaired) electrons. The summed E-state index contributed by atoms with van der Waals surface area (Å²) < 4.78 is 14.0. The third-order valence-corrected chi connectivity index (χ3v) is 4.89. The maximum atomic E-state index is 14.0. The second-order valence-corrected chi connectivity index (χ2v) is 6.08. The minimum Gasteiger partial charge on any atom is -0.398 e.